The van der Waals surface area contributed by atoms with Crippen LogP contribution >= 0.6 is 0 Å². The number of furan rings is 1. The van der Waals surface area contributed by atoms with Crippen molar-refractivity contribution in [2.45, 2.75) is 0 Å². The van der Waals surface area contributed by atoms with Crippen LogP contribution in [0.3, 0.4) is 0 Å². The maximum atomic E-state index is 6.38. The molecule has 290 valence electrons. The van der Waals surface area contributed by atoms with Gasteiger partial charge in [-0.15, -0.1) is 0 Å². The molecule has 5 nitrogen and oxygen atoms in total. The van der Waals surface area contributed by atoms with Crippen LogP contribution in [-0.2, 0) is 0 Å². The first kappa shape index (κ1) is 35.5. The van der Waals surface area contributed by atoms with E-state index in [0.717, 1.165) is 111 Å². The van der Waals surface area contributed by atoms with Gasteiger partial charge >= 0.3 is 0 Å². The standard InChI is InChI=1S/C57H36N4O/c1-4-15-38(16-5-1)49-36-50(39-29-27-37(28-30-39)46-24-14-25-48-47-23-12-13-26-52(47)62-56(46)48)59-57(58-49)43-33-31-40(32-34-43)51-35-44-21-10-11-22-45(44)55-53(41-17-6-2-7-18-41)54(60-61(51)55)42-19-8-3-9-20-42/h1-36H. The number of fused-ring (bicyclic) bond motifs is 6. The van der Waals surface area contributed by atoms with E-state index in [9.17, 15) is 0 Å². The summed E-state index contributed by atoms with van der Waals surface area (Å²) in [6, 6.07) is 76.1. The summed E-state index contributed by atoms with van der Waals surface area (Å²) in [5.41, 5.74) is 16.0. The molecule has 0 N–H and O–H groups in total. The number of nitrogens with zero attached hydrogens (tertiary/aromatic N) is 4. The predicted octanol–water partition coefficient (Wildman–Crippen LogP) is 14.8. The van der Waals surface area contributed by atoms with Gasteiger partial charge in [0.25, 0.3) is 0 Å². The van der Waals surface area contributed by atoms with Gasteiger partial charge in [0.05, 0.1) is 22.6 Å². The molecule has 12 rings (SSSR count). The minimum atomic E-state index is 0.657. The van der Waals surface area contributed by atoms with E-state index in [1.807, 2.05) is 36.4 Å². The van der Waals surface area contributed by atoms with E-state index in [0.29, 0.717) is 5.82 Å². The molecule has 0 aliphatic carbocycles. The number of aromatic nitrogens is 4. The fourth-order valence-electron chi connectivity index (χ4n) is 8.84. The Kier molecular flexibility index (Phi) is 8.42. The number of hydrogen-bond donors (Lipinski definition) is 0. The minimum absolute atomic E-state index is 0.657. The van der Waals surface area contributed by atoms with Crippen molar-refractivity contribution in [3.05, 3.63) is 218 Å². The Hall–Kier alpha value is -8.41. The molecule has 62 heavy (non-hydrogen) atoms. The molecule has 0 atom stereocenters. The third-order valence-electron chi connectivity index (χ3n) is 11.9. The highest BCUT2D eigenvalue weighted by atomic mass is 16.3. The van der Waals surface area contributed by atoms with Crippen molar-refractivity contribution < 1.29 is 4.42 Å². The lowest BCUT2D eigenvalue weighted by Crippen LogP contribution is -1.97. The molecule has 0 aliphatic heterocycles. The highest BCUT2D eigenvalue weighted by Crippen LogP contribution is 2.42. The summed E-state index contributed by atoms with van der Waals surface area (Å²) in [6.45, 7) is 0. The summed E-state index contributed by atoms with van der Waals surface area (Å²) in [6.07, 6.45) is 0. The average molecular weight is 793 g/mol. The van der Waals surface area contributed by atoms with E-state index in [-0.39, 0.29) is 0 Å². The predicted molar refractivity (Wildman–Crippen MR) is 254 cm³/mol. The van der Waals surface area contributed by atoms with Crippen LogP contribution < -0.4 is 0 Å². The monoisotopic (exact) mass is 792 g/mol. The smallest absolute Gasteiger partial charge is 0.160 e. The first-order valence-electron chi connectivity index (χ1n) is 20.9. The third kappa shape index (κ3) is 6.06. The van der Waals surface area contributed by atoms with Crippen molar-refractivity contribution in [3.8, 4) is 78.7 Å². The van der Waals surface area contributed by atoms with Crippen LogP contribution in [0.15, 0.2) is 223 Å². The molecule has 0 spiro atoms. The van der Waals surface area contributed by atoms with Gasteiger partial charge in [0.2, 0.25) is 0 Å². The van der Waals surface area contributed by atoms with Gasteiger partial charge in [-0.2, -0.15) is 5.10 Å². The van der Waals surface area contributed by atoms with E-state index >= 15 is 0 Å². The lowest BCUT2D eigenvalue weighted by molar-refractivity contribution is 0.670. The Balaban J connectivity index is 0.966. The van der Waals surface area contributed by atoms with Gasteiger partial charge < -0.3 is 4.42 Å². The third-order valence-corrected chi connectivity index (χ3v) is 11.9. The van der Waals surface area contributed by atoms with Crippen molar-refractivity contribution in [3.63, 3.8) is 0 Å². The van der Waals surface area contributed by atoms with Gasteiger partial charge in [0.1, 0.15) is 16.9 Å². The summed E-state index contributed by atoms with van der Waals surface area (Å²) in [5.74, 6) is 0.657. The lowest BCUT2D eigenvalue weighted by Gasteiger charge is -2.12. The van der Waals surface area contributed by atoms with Crippen molar-refractivity contribution in [1.82, 2.24) is 19.6 Å². The SMILES string of the molecule is c1ccc(-c2cc(-c3ccc(-c4cccc5c4oc4ccccc45)cc3)nc(-c3ccc(-c4cc5ccccc5c5c(-c6ccccc6)c(-c6ccccc6)nn45)cc3)n2)cc1. The molecule has 5 heteroatoms. The lowest BCUT2D eigenvalue weighted by atomic mass is 9.97. The molecule has 0 bridgehead atoms. The topological polar surface area (TPSA) is 56.2 Å². The summed E-state index contributed by atoms with van der Waals surface area (Å²) in [5, 5.41) is 9.94. The molecule has 8 aromatic carbocycles. The fraction of sp³-hybridized carbons (Fsp3) is 0. The van der Waals surface area contributed by atoms with Crippen LogP contribution in [0.1, 0.15) is 0 Å². The van der Waals surface area contributed by atoms with Crippen LogP contribution in [0.4, 0.5) is 0 Å². The second kappa shape index (κ2) is 14.7. The number of rotatable bonds is 7. The quantitative estimate of drug-likeness (QED) is 0.161. The minimum Gasteiger partial charge on any atom is -0.455 e. The number of benzene rings is 8. The molecule has 0 saturated carbocycles. The van der Waals surface area contributed by atoms with Crippen LogP contribution in [0.25, 0.3) is 117 Å². The molecule has 0 radical (unpaired) electrons. The van der Waals surface area contributed by atoms with E-state index in [4.69, 9.17) is 19.5 Å². The van der Waals surface area contributed by atoms with Crippen molar-refractivity contribution in [2.24, 2.45) is 0 Å². The second-order valence-corrected chi connectivity index (χ2v) is 15.6. The van der Waals surface area contributed by atoms with Crippen molar-refractivity contribution >= 4 is 38.2 Å². The van der Waals surface area contributed by atoms with Crippen molar-refractivity contribution in [2.75, 3.05) is 0 Å². The van der Waals surface area contributed by atoms with E-state index in [2.05, 4.69) is 187 Å². The largest absolute Gasteiger partial charge is 0.455 e. The zero-order valence-electron chi connectivity index (χ0n) is 33.5. The van der Waals surface area contributed by atoms with Gasteiger partial charge in [0.15, 0.2) is 5.82 Å². The Morgan fingerprint density at radius 3 is 1.66 bits per heavy atom. The van der Waals surface area contributed by atoms with Crippen molar-refractivity contribution in [1.29, 1.82) is 0 Å². The molecule has 0 aliphatic rings. The first-order valence-corrected chi connectivity index (χ1v) is 20.9. The Labute approximate surface area is 357 Å². The van der Waals surface area contributed by atoms with Crippen LogP contribution in [0.2, 0.25) is 0 Å². The Morgan fingerprint density at radius 2 is 0.935 bits per heavy atom. The number of hydrogen-bond acceptors (Lipinski definition) is 4. The number of pyridine rings is 1. The van der Waals surface area contributed by atoms with E-state index in [1.165, 1.54) is 0 Å². The fourth-order valence-corrected chi connectivity index (χ4v) is 8.84. The Morgan fingerprint density at radius 1 is 0.387 bits per heavy atom. The molecule has 0 amide bonds. The molecule has 4 heterocycles. The number of para-hydroxylation sites is 2. The van der Waals surface area contributed by atoms with Gasteiger partial charge in [-0.25, -0.2) is 14.5 Å². The van der Waals surface area contributed by atoms with Crippen LogP contribution in [0.5, 0.6) is 0 Å². The van der Waals surface area contributed by atoms with E-state index in [1.54, 1.807) is 0 Å². The first-order chi connectivity index (χ1) is 30.7. The normalized spacial score (nSPS) is 11.5. The van der Waals surface area contributed by atoms with Gasteiger partial charge in [-0.3, -0.25) is 0 Å². The second-order valence-electron chi connectivity index (χ2n) is 15.6. The zero-order valence-corrected chi connectivity index (χ0v) is 33.5. The highest BCUT2D eigenvalue weighted by Gasteiger charge is 2.22. The van der Waals surface area contributed by atoms with Crippen LogP contribution in [-0.4, -0.2) is 19.6 Å². The maximum absolute atomic E-state index is 6.38. The van der Waals surface area contributed by atoms with Gasteiger partial charge in [-0.1, -0.05) is 200 Å². The summed E-state index contributed by atoms with van der Waals surface area (Å²) in [7, 11) is 0. The average Bonchev–Trinajstić information content (AvgIpc) is 3.95. The van der Waals surface area contributed by atoms with Crippen LogP contribution in [0, 0.1) is 0 Å². The molecular weight excluding hydrogens is 757 g/mol. The maximum Gasteiger partial charge on any atom is 0.160 e. The highest BCUT2D eigenvalue weighted by molar-refractivity contribution is 6.10. The Bertz CT molecular complexity index is 3590. The molecular formula is C57H36N4O. The van der Waals surface area contributed by atoms with Gasteiger partial charge in [-0.05, 0) is 34.7 Å². The van der Waals surface area contributed by atoms with Gasteiger partial charge in [0, 0.05) is 55.1 Å². The molecule has 12 aromatic rings. The molecule has 4 aromatic heterocycles. The summed E-state index contributed by atoms with van der Waals surface area (Å²) in [4.78, 5) is 10.4. The zero-order chi connectivity index (χ0) is 41.0. The molecule has 0 fully saturated rings. The summed E-state index contributed by atoms with van der Waals surface area (Å²) < 4.78 is 8.51. The summed E-state index contributed by atoms with van der Waals surface area (Å²) >= 11 is 0. The molecule has 0 unspecified atom stereocenters. The molecule has 0 saturated heterocycles. The van der Waals surface area contributed by atoms with E-state index < -0.39 is 0 Å².